The van der Waals surface area contributed by atoms with E-state index >= 15 is 0 Å². The van der Waals surface area contributed by atoms with Gasteiger partial charge < -0.3 is 15.2 Å². The number of nitrogens with one attached hydrogen (secondary N) is 1. The van der Waals surface area contributed by atoms with E-state index in [1.54, 1.807) is 12.1 Å². The number of carbonyl (C=O) groups excluding carboxylic acids is 1. The van der Waals surface area contributed by atoms with Gasteiger partial charge in [0.25, 0.3) is 0 Å². The Hall–Kier alpha value is -2.83. The molecule has 0 aromatic heterocycles. The van der Waals surface area contributed by atoms with Gasteiger partial charge in [0.05, 0.1) is 0 Å². The van der Waals surface area contributed by atoms with Crippen molar-refractivity contribution in [1.82, 2.24) is 5.32 Å². The molecule has 0 spiro atoms. The molecule has 4 rings (SSSR count). The van der Waals surface area contributed by atoms with E-state index in [2.05, 4.69) is 21.2 Å². The van der Waals surface area contributed by atoms with E-state index < -0.39 is 18.1 Å². The zero-order valence-corrected chi connectivity index (χ0v) is 18.0. The molecule has 0 bridgehead atoms. The number of amides is 1. The number of carboxylic acids is 1. The van der Waals surface area contributed by atoms with Crippen LogP contribution in [0.15, 0.2) is 71.2 Å². The number of fused-ring (bicyclic) bond motifs is 3. The van der Waals surface area contributed by atoms with Crippen LogP contribution in [0.25, 0.3) is 11.1 Å². The molecule has 7 heteroatoms. The molecule has 152 valence electrons. The second-order valence-electron chi connectivity index (χ2n) is 6.91. The summed E-state index contributed by atoms with van der Waals surface area (Å²) in [5.74, 6) is -1.32. The standard InChI is InChI=1S/C23H17BrClNO4/c24-20-10-9-13(25)11-18(20)21(22(27)28)26-23(29)30-12-19-16-7-3-1-5-14(16)15-6-2-4-8-17(15)19/h1-11,19,21H,12H2,(H,26,29)(H,27,28). The van der Waals surface area contributed by atoms with Gasteiger partial charge in [-0.05, 0) is 40.5 Å². The SMILES string of the molecule is O=C(NC(C(=O)O)c1cc(Cl)ccc1Br)OCC1c2ccccc2-c2ccccc21. The number of hydrogen-bond acceptors (Lipinski definition) is 3. The third-order valence-corrected chi connectivity index (χ3v) is 6.08. The molecular weight excluding hydrogens is 470 g/mol. The fourth-order valence-electron chi connectivity index (χ4n) is 3.77. The van der Waals surface area contributed by atoms with Crippen LogP contribution in [-0.2, 0) is 9.53 Å². The van der Waals surface area contributed by atoms with Crippen molar-refractivity contribution in [3.05, 3.63) is 92.9 Å². The van der Waals surface area contributed by atoms with Gasteiger partial charge in [-0.3, -0.25) is 0 Å². The molecule has 1 aliphatic carbocycles. The van der Waals surface area contributed by atoms with E-state index in [9.17, 15) is 14.7 Å². The van der Waals surface area contributed by atoms with E-state index in [0.717, 1.165) is 22.3 Å². The molecule has 3 aromatic carbocycles. The summed E-state index contributed by atoms with van der Waals surface area (Å²) in [4.78, 5) is 24.2. The highest BCUT2D eigenvalue weighted by Crippen LogP contribution is 2.44. The van der Waals surface area contributed by atoms with Crippen LogP contribution in [0.3, 0.4) is 0 Å². The Morgan fingerprint density at radius 2 is 1.63 bits per heavy atom. The van der Waals surface area contributed by atoms with Crippen LogP contribution < -0.4 is 5.32 Å². The van der Waals surface area contributed by atoms with Crippen LogP contribution in [0.1, 0.15) is 28.7 Å². The van der Waals surface area contributed by atoms with Crippen molar-refractivity contribution in [2.75, 3.05) is 6.61 Å². The third kappa shape index (κ3) is 3.93. The molecule has 3 aromatic rings. The first-order valence-corrected chi connectivity index (χ1v) is 10.4. The smallest absolute Gasteiger partial charge is 0.408 e. The normalized spacial score (nSPS) is 13.3. The largest absolute Gasteiger partial charge is 0.479 e. The van der Waals surface area contributed by atoms with Crippen LogP contribution in [0.5, 0.6) is 0 Å². The lowest BCUT2D eigenvalue weighted by Crippen LogP contribution is -2.35. The zero-order chi connectivity index (χ0) is 21.3. The molecule has 0 fully saturated rings. The van der Waals surface area contributed by atoms with Gasteiger partial charge in [0.2, 0.25) is 0 Å². The molecule has 1 atom stereocenters. The van der Waals surface area contributed by atoms with Gasteiger partial charge in [0, 0.05) is 21.0 Å². The van der Waals surface area contributed by atoms with E-state index in [0.29, 0.717) is 15.1 Å². The number of aliphatic carboxylic acids is 1. The van der Waals surface area contributed by atoms with Crippen LogP contribution in [0.2, 0.25) is 5.02 Å². The van der Waals surface area contributed by atoms with Crippen LogP contribution in [0, 0.1) is 0 Å². The van der Waals surface area contributed by atoms with E-state index in [1.807, 2.05) is 48.5 Å². The number of carboxylic acid groups (broad SMARTS) is 1. The Kier molecular flexibility index (Phi) is 5.79. The molecule has 1 unspecified atom stereocenters. The summed E-state index contributed by atoms with van der Waals surface area (Å²) in [7, 11) is 0. The minimum atomic E-state index is -1.30. The Morgan fingerprint density at radius 3 is 2.23 bits per heavy atom. The Balaban J connectivity index is 1.51. The first-order valence-electron chi connectivity index (χ1n) is 9.25. The summed E-state index contributed by atoms with van der Waals surface area (Å²) in [6.45, 7) is 0.100. The molecule has 5 nitrogen and oxygen atoms in total. The maximum atomic E-state index is 12.5. The summed E-state index contributed by atoms with van der Waals surface area (Å²) in [5.41, 5.74) is 4.74. The monoisotopic (exact) mass is 485 g/mol. The molecule has 0 aliphatic heterocycles. The first-order chi connectivity index (χ1) is 14.5. The molecule has 30 heavy (non-hydrogen) atoms. The highest BCUT2D eigenvalue weighted by molar-refractivity contribution is 9.10. The molecule has 2 N–H and O–H groups in total. The second kappa shape index (κ2) is 8.50. The van der Waals surface area contributed by atoms with Crippen LogP contribution in [-0.4, -0.2) is 23.8 Å². The van der Waals surface area contributed by atoms with Gasteiger partial charge in [0.15, 0.2) is 6.04 Å². The predicted octanol–water partition coefficient (Wildman–Crippen LogP) is 5.77. The van der Waals surface area contributed by atoms with Crippen LogP contribution >= 0.6 is 27.5 Å². The van der Waals surface area contributed by atoms with Crippen molar-refractivity contribution in [1.29, 1.82) is 0 Å². The molecule has 0 radical (unpaired) electrons. The minimum absolute atomic E-state index is 0.100. The van der Waals surface area contributed by atoms with Crippen molar-refractivity contribution in [3.63, 3.8) is 0 Å². The van der Waals surface area contributed by atoms with E-state index in [4.69, 9.17) is 16.3 Å². The number of alkyl carbamates (subject to hydrolysis) is 1. The van der Waals surface area contributed by atoms with Gasteiger partial charge in [-0.2, -0.15) is 0 Å². The number of halogens is 2. The number of hydrogen-bond donors (Lipinski definition) is 2. The number of benzene rings is 3. The summed E-state index contributed by atoms with van der Waals surface area (Å²) < 4.78 is 5.98. The lowest BCUT2D eigenvalue weighted by atomic mass is 9.98. The summed E-state index contributed by atoms with van der Waals surface area (Å²) >= 11 is 9.29. The Labute approximate surface area is 186 Å². The molecular formula is C23H17BrClNO4. The molecule has 0 heterocycles. The molecule has 1 aliphatic rings. The molecule has 1 amide bonds. The number of carbonyl (C=O) groups is 2. The average Bonchev–Trinajstić information content (AvgIpc) is 3.06. The Morgan fingerprint density at radius 1 is 1.03 bits per heavy atom. The van der Waals surface area contributed by atoms with E-state index in [1.165, 1.54) is 6.07 Å². The number of ether oxygens (including phenoxy) is 1. The highest BCUT2D eigenvalue weighted by Gasteiger charge is 2.30. The van der Waals surface area contributed by atoms with Crippen molar-refractivity contribution < 1.29 is 19.4 Å². The van der Waals surface area contributed by atoms with Crippen molar-refractivity contribution in [2.24, 2.45) is 0 Å². The van der Waals surface area contributed by atoms with Crippen LogP contribution in [0.4, 0.5) is 4.79 Å². The lowest BCUT2D eigenvalue weighted by Gasteiger charge is -2.18. The van der Waals surface area contributed by atoms with Crippen molar-refractivity contribution in [2.45, 2.75) is 12.0 Å². The third-order valence-electron chi connectivity index (χ3n) is 5.12. The van der Waals surface area contributed by atoms with Gasteiger partial charge >= 0.3 is 12.1 Å². The van der Waals surface area contributed by atoms with Gasteiger partial charge in [-0.1, -0.05) is 76.1 Å². The summed E-state index contributed by atoms with van der Waals surface area (Å²) in [6, 6.07) is 19.4. The Bertz CT molecular complexity index is 1090. The maximum absolute atomic E-state index is 12.5. The predicted molar refractivity (Wildman–Crippen MR) is 118 cm³/mol. The maximum Gasteiger partial charge on any atom is 0.408 e. The minimum Gasteiger partial charge on any atom is -0.479 e. The number of rotatable bonds is 5. The average molecular weight is 487 g/mol. The van der Waals surface area contributed by atoms with Gasteiger partial charge in [0.1, 0.15) is 6.61 Å². The fourth-order valence-corrected chi connectivity index (χ4v) is 4.42. The summed E-state index contributed by atoms with van der Waals surface area (Å²) in [6.07, 6.45) is -0.809. The lowest BCUT2D eigenvalue weighted by molar-refractivity contribution is -0.139. The zero-order valence-electron chi connectivity index (χ0n) is 15.6. The fraction of sp³-hybridized carbons (Fsp3) is 0.130. The topological polar surface area (TPSA) is 75.6 Å². The molecule has 0 saturated heterocycles. The van der Waals surface area contributed by atoms with Crippen molar-refractivity contribution in [3.8, 4) is 11.1 Å². The quantitative estimate of drug-likeness (QED) is 0.480. The molecule has 0 saturated carbocycles. The highest BCUT2D eigenvalue weighted by atomic mass is 79.9. The van der Waals surface area contributed by atoms with Gasteiger partial charge in [-0.15, -0.1) is 0 Å². The van der Waals surface area contributed by atoms with E-state index in [-0.39, 0.29) is 12.5 Å². The van der Waals surface area contributed by atoms with Gasteiger partial charge in [-0.25, -0.2) is 9.59 Å². The summed E-state index contributed by atoms with van der Waals surface area (Å²) in [5, 5.41) is 12.4. The second-order valence-corrected chi connectivity index (χ2v) is 8.20. The first kappa shape index (κ1) is 20.4. The van der Waals surface area contributed by atoms with Crippen molar-refractivity contribution >= 4 is 39.6 Å².